The number of thioether (sulfide) groups is 1. The largest absolute Gasteiger partial charge is 0.371 e. The van der Waals surface area contributed by atoms with Crippen molar-refractivity contribution < 1.29 is 4.74 Å². The molecule has 0 bridgehead atoms. The molecule has 0 amide bonds. The van der Waals surface area contributed by atoms with E-state index in [9.17, 15) is 0 Å². The lowest BCUT2D eigenvalue weighted by molar-refractivity contribution is -0.00466. The maximum Gasteiger partial charge on any atom is 0.0677 e. The lowest BCUT2D eigenvalue weighted by atomic mass is 10.1. The molecule has 1 aromatic carbocycles. The lowest BCUT2D eigenvalue weighted by Crippen LogP contribution is -2.21. The summed E-state index contributed by atoms with van der Waals surface area (Å²) >= 11 is 1.87. The fourth-order valence-electron chi connectivity index (χ4n) is 2.15. The van der Waals surface area contributed by atoms with Gasteiger partial charge in [-0.05, 0) is 44.4 Å². The second-order valence-electron chi connectivity index (χ2n) is 5.20. The zero-order chi connectivity index (χ0) is 12.3. The molecule has 1 heterocycles. The van der Waals surface area contributed by atoms with Gasteiger partial charge in [0.05, 0.1) is 11.7 Å². The summed E-state index contributed by atoms with van der Waals surface area (Å²) in [6.07, 6.45) is 2.74. The maximum absolute atomic E-state index is 5.98. The van der Waals surface area contributed by atoms with Gasteiger partial charge in [-0.1, -0.05) is 12.1 Å². The predicted octanol–water partition coefficient (Wildman–Crippen LogP) is 3.20. The van der Waals surface area contributed by atoms with Crippen LogP contribution in [0, 0.1) is 0 Å². The minimum atomic E-state index is 0.0737. The van der Waals surface area contributed by atoms with Gasteiger partial charge in [-0.25, -0.2) is 0 Å². The Kier molecular flexibility index (Phi) is 4.13. The van der Waals surface area contributed by atoms with Crippen molar-refractivity contribution in [1.29, 1.82) is 0 Å². The number of hydrogen-bond donors (Lipinski definition) is 1. The third-order valence-electron chi connectivity index (χ3n) is 3.12. The Hall–Kier alpha value is -0.510. The van der Waals surface area contributed by atoms with Crippen LogP contribution in [-0.2, 0) is 11.3 Å². The molecule has 0 spiro atoms. The number of benzene rings is 1. The van der Waals surface area contributed by atoms with Gasteiger partial charge in [0.1, 0.15) is 0 Å². The molecule has 1 fully saturated rings. The zero-order valence-electron chi connectivity index (χ0n) is 10.6. The van der Waals surface area contributed by atoms with Crippen molar-refractivity contribution in [3.8, 4) is 0 Å². The van der Waals surface area contributed by atoms with Crippen molar-refractivity contribution in [2.75, 3.05) is 5.75 Å². The normalized spacial score (nSPS) is 22.9. The molecule has 1 saturated heterocycles. The van der Waals surface area contributed by atoms with E-state index in [-0.39, 0.29) is 5.60 Å². The highest BCUT2D eigenvalue weighted by Crippen LogP contribution is 2.32. The van der Waals surface area contributed by atoms with E-state index in [0.717, 1.165) is 5.75 Å². The molecule has 3 heteroatoms. The second-order valence-corrected chi connectivity index (χ2v) is 6.29. The first-order chi connectivity index (χ1) is 8.09. The molecule has 0 aromatic heterocycles. The molecule has 1 aliphatic rings. The Bertz CT molecular complexity index is 378. The van der Waals surface area contributed by atoms with E-state index < -0.39 is 0 Å². The fourth-order valence-corrected chi connectivity index (χ4v) is 3.17. The molecule has 2 nitrogen and oxygen atoms in total. The summed E-state index contributed by atoms with van der Waals surface area (Å²) in [5, 5.41) is 0. The zero-order valence-corrected chi connectivity index (χ0v) is 11.4. The monoisotopic (exact) mass is 251 g/mol. The van der Waals surface area contributed by atoms with Crippen LogP contribution in [0.5, 0.6) is 0 Å². The van der Waals surface area contributed by atoms with Crippen LogP contribution in [0.1, 0.15) is 32.3 Å². The van der Waals surface area contributed by atoms with Gasteiger partial charge in [-0.2, -0.15) is 0 Å². The van der Waals surface area contributed by atoms with Crippen molar-refractivity contribution in [2.24, 2.45) is 5.73 Å². The maximum atomic E-state index is 5.98. The van der Waals surface area contributed by atoms with Crippen molar-refractivity contribution in [3.63, 3.8) is 0 Å². The molecule has 0 radical (unpaired) electrons. The van der Waals surface area contributed by atoms with Gasteiger partial charge in [0.2, 0.25) is 0 Å². The van der Waals surface area contributed by atoms with Gasteiger partial charge in [-0.3, -0.25) is 0 Å². The first-order valence-electron chi connectivity index (χ1n) is 6.19. The molecule has 1 aromatic rings. The smallest absolute Gasteiger partial charge is 0.0677 e. The summed E-state index contributed by atoms with van der Waals surface area (Å²) < 4.78 is 5.98. The van der Waals surface area contributed by atoms with Gasteiger partial charge in [-0.15, -0.1) is 11.8 Å². The average Bonchev–Trinajstić information content (AvgIpc) is 2.67. The number of nitrogens with two attached hydrogens (primary N) is 1. The molecule has 0 saturated carbocycles. The molecular formula is C14H21NOS. The van der Waals surface area contributed by atoms with Crippen molar-refractivity contribution in [1.82, 2.24) is 0 Å². The molecular weight excluding hydrogens is 230 g/mol. The first kappa shape index (κ1) is 12.9. The summed E-state index contributed by atoms with van der Waals surface area (Å²) in [7, 11) is 0. The Balaban J connectivity index is 1.86. The van der Waals surface area contributed by atoms with Crippen LogP contribution >= 0.6 is 11.8 Å². The second kappa shape index (κ2) is 5.42. The van der Waals surface area contributed by atoms with E-state index in [1.165, 1.54) is 23.3 Å². The van der Waals surface area contributed by atoms with Gasteiger partial charge >= 0.3 is 0 Å². The molecule has 17 heavy (non-hydrogen) atoms. The van der Waals surface area contributed by atoms with Crippen LogP contribution in [-0.4, -0.2) is 17.5 Å². The molecule has 2 N–H and O–H groups in total. The minimum absolute atomic E-state index is 0.0737. The quantitative estimate of drug-likeness (QED) is 0.835. The van der Waals surface area contributed by atoms with Gasteiger partial charge in [0.15, 0.2) is 0 Å². The lowest BCUT2D eigenvalue weighted by Gasteiger charge is -2.19. The highest BCUT2D eigenvalue weighted by Gasteiger charge is 2.31. The average molecular weight is 251 g/mol. The Labute approximate surface area is 108 Å². The van der Waals surface area contributed by atoms with E-state index in [0.29, 0.717) is 12.6 Å². The van der Waals surface area contributed by atoms with Crippen molar-refractivity contribution in [3.05, 3.63) is 29.8 Å². The summed E-state index contributed by atoms with van der Waals surface area (Å²) in [6.45, 7) is 4.96. The Morgan fingerprint density at radius 3 is 2.94 bits per heavy atom. The Morgan fingerprint density at radius 1 is 1.47 bits per heavy atom. The van der Waals surface area contributed by atoms with Gasteiger partial charge in [0, 0.05) is 17.2 Å². The molecule has 2 rings (SSSR count). The highest BCUT2D eigenvalue weighted by molar-refractivity contribution is 7.99. The summed E-state index contributed by atoms with van der Waals surface area (Å²) in [6, 6.07) is 8.46. The molecule has 1 unspecified atom stereocenters. The SMILES string of the molecule is CC1(C)CCC(CSc2cccc(CN)c2)O1. The third-order valence-corrected chi connectivity index (χ3v) is 4.25. The van der Waals surface area contributed by atoms with Crippen LogP contribution < -0.4 is 5.73 Å². The van der Waals surface area contributed by atoms with Crippen molar-refractivity contribution >= 4 is 11.8 Å². The van der Waals surface area contributed by atoms with Crippen LogP contribution in [0.4, 0.5) is 0 Å². The predicted molar refractivity (Wildman–Crippen MR) is 73.2 cm³/mol. The van der Waals surface area contributed by atoms with E-state index in [1.807, 2.05) is 11.8 Å². The van der Waals surface area contributed by atoms with Crippen LogP contribution in [0.15, 0.2) is 29.2 Å². The number of ether oxygens (including phenoxy) is 1. The highest BCUT2D eigenvalue weighted by atomic mass is 32.2. The van der Waals surface area contributed by atoms with Gasteiger partial charge < -0.3 is 10.5 Å². The standard InChI is InChI=1S/C14H21NOS/c1-14(2)7-6-12(16-14)10-17-13-5-3-4-11(8-13)9-15/h3-5,8,12H,6-7,9-10,15H2,1-2H3. The Morgan fingerprint density at radius 2 is 2.29 bits per heavy atom. The minimum Gasteiger partial charge on any atom is -0.371 e. The van der Waals surface area contributed by atoms with Crippen LogP contribution in [0.3, 0.4) is 0 Å². The number of rotatable bonds is 4. The summed E-state index contributed by atoms with van der Waals surface area (Å²) in [4.78, 5) is 1.29. The summed E-state index contributed by atoms with van der Waals surface area (Å²) in [5.41, 5.74) is 6.91. The van der Waals surface area contributed by atoms with E-state index in [1.54, 1.807) is 0 Å². The number of hydrogen-bond acceptors (Lipinski definition) is 3. The van der Waals surface area contributed by atoms with E-state index in [2.05, 4.69) is 38.1 Å². The third kappa shape index (κ3) is 3.73. The van der Waals surface area contributed by atoms with Crippen LogP contribution in [0.25, 0.3) is 0 Å². The molecule has 94 valence electrons. The van der Waals surface area contributed by atoms with Crippen LogP contribution in [0.2, 0.25) is 0 Å². The van der Waals surface area contributed by atoms with Gasteiger partial charge in [0.25, 0.3) is 0 Å². The van der Waals surface area contributed by atoms with E-state index >= 15 is 0 Å². The molecule has 0 aliphatic carbocycles. The fraction of sp³-hybridized carbons (Fsp3) is 0.571. The summed E-state index contributed by atoms with van der Waals surface area (Å²) in [5.74, 6) is 1.04. The molecule has 1 atom stereocenters. The first-order valence-corrected chi connectivity index (χ1v) is 7.17. The topological polar surface area (TPSA) is 35.2 Å². The van der Waals surface area contributed by atoms with Crippen molar-refractivity contribution in [2.45, 2.75) is 49.8 Å². The van der Waals surface area contributed by atoms with E-state index in [4.69, 9.17) is 10.5 Å². The molecule has 1 aliphatic heterocycles.